The van der Waals surface area contributed by atoms with Gasteiger partial charge in [0.25, 0.3) is 11.6 Å². The van der Waals surface area contributed by atoms with Crippen LogP contribution in [0.25, 0.3) is 10.2 Å². The molecular weight excluding hydrogens is 372 g/mol. The first-order valence-electron chi connectivity index (χ1n) is 6.57. The molecule has 1 aromatic carbocycles. The Labute approximate surface area is 147 Å². The first-order chi connectivity index (χ1) is 11.9. The monoisotopic (exact) mass is 380 g/mol. The largest absolute Gasteiger partial charge is 0.494 e. The van der Waals surface area contributed by atoms with Crippen LogP contribution in [0, 0.1) is 20.2 Å². The second-order valence-corrected chi connectivity index (χ2v) is 6.71. The summed E-state index contributed by atoms with van der Waals surface area (Å²) in [6, 6.07) is 5.17. The maximum Gasteiger partial charge on any atom is 0.324 e. The van der Waals surface area contributed by atoms with Crippen molar-refractivity contribution in [3.05, 3.63) is 49.4 Å². The number of methoxy groups -OCH3 is 1. The van der Waals surface area contributed by atoms with Gasteiger partial charge in [-0.25, -0.2) is 4.98 Å². The number of nitro benzene ring substituents is 1. The molecule has 2 heterocycles. The van der Waals surface area contributed by atoms with E-state index in [0.717, 1.165) is 22.7 Å². The Morgan fingerprint density at radius 2 is 1.96 bits per heavy atom. The molecule has 3 rings (SSSR count). The van der Waals surface area contributed by atoms with Crippen molar-refractivity contribution in [3.8, 4) is 5.75 Å². The summed E-state index contributed by atoms with van der Waals surface area (Å²) in [5, 5.41) is 24.2. The first kappa shape index (κ1) is 16.7. The summed E-state index contributed by atoms with van der Waals surface area (Å²) in [7, 11) is 1.36. The van der Waals surface area contributed by atoms with E-state index in [4.69, 9.17) is 4.74 Å². The van der Waals surface area contributed by atoms with Crippen LogP contribution in [0.1, 0.15) is 9.67 Å². The Kier molecular flexibility index (Phi) is 4.29. The number of non-ortho nitro benzene ring substituents is 1. The highest BCUT2D eigenvalue weighted by atomic mass is 32.1. The molecule has 1 amide bonds. The molecule has 0 radical (unpaired) electrons. The second kappa shape index (κ2) is 6.41. The standard InChI is InChI=1S/C13H8N4O6S2/c1-23-7-4-6(16(19)20)5-9-11(7)14-13(25-9)15-12(18)8-2-3-10(24-8)17(21)22/h2-5H,1H3,(H,14,15,18). The van der Waals surface area contributed by atoms with Crippen molar-refractivity contribution < 1.29 is 19.4 Å². The summed E-state index contributed by atoms with van der Waals surface area (Å²) >= 11 is 1.78. The van der Waals surface area contributed by atoms with Gasteiger partial charge < -0.3 is 4.74 Å². The number of nitro groups is 2. The van der Waals surface area contributed by atoms with E-state index >= 15 is 0 Å². The molecule has 0 aliphatic rings. The average molecular weight is 380 g/mol. The van der Waals surface area contributed by atoms with Gasteiger partial charge in [-0.3, -0.25) is 30.3 Å². The Hall–Kier alpha value is -3.12. The van der Waals surface area contributed by atoms with E-state index in [-0.39, 0.29) is 26.4 Å². The van der Waals surface area contributed by atoms with Crippen LogP contribution in [0.3, 0.4) is 0 Å². The second-order valence-electron chi connectivity index (χ2n) is 4.62. The molecule has 0 aliphatic heterocycles. The number of fused-ring (bicyclic) bond motifs is 1. The first-order valence-corrected chi connectivity index (χ1v) is 8.21. The zero-order chi connectivity index (χ0) is 18.1. The Morgan fingerprint density at radius 3 is 2.56 bits per heavy atom. The molecule has 0 fully saturated rings. The van der Waals surface area contributed by atoms with E-state index in [1.807, 2.05) is 0 Å². The molecule has 0 saturated carbocycles. The van der Waals surface area contributed by atoms with E-state index in [0.29, 0.717) is 10.2 Å². The highest BCUT2D eigenvalue weighted by Crippen LogP contribution is 2.36. The molecule has 2 aromatic heterocycles. The average Bonchev–Trinajstić information content (AvgIpc) is 3.20. The number of carbonyl (C=O) groups excluding carboxylic acids is 1. The third kappa shape index (κ3) is 3.25. The van der Waals surface area contributed by atoms with Gasteiger partial charge in [0.05, 0.1) is 32.6 Å². The van der Waals surface area contributed by atoms with Crippen molar-refractivity contribution >= 4 is 54.6 Å². The fraction of sp³-hybridized carbons (Fsp3) is 0.0769. The van der Waals surface area contributed by atoms with Crippen molar-refractivity contribution in [1.29, 1.82) is 0 Å². The van der Waals surface area contributed by atoms with E-state index in [1.54, 1.807) is 0 Å². The van der Waals surface area contributed by atoms with Crippen molar-refractivity contribution in [2.75, 3.05) is 12.4 Å². The molecule has 0 bridgehead atoms. The summed E-state index contributed by atoms with van der Waals surface area (Å²) in [4.78, 5) is 37.0. The van der Waals surface area contributed by atoms with Gasteiger partial charge in [0.15, 0.2) is 10.9 Å². The van der Waals surface area contributed by atoms with Gasteiger partial charge >= 0.3 is 5.00 Å². The molecule has 0 aliphatic carbocycles. The minimum atomic E-state index is -0.580. The zero-order valence-electron chi connectivity index (χ0n) is 12.4. The quantitative estimate of drug-likeness (QED) is 0.528. The van der Waals surface area contributed by atoms with Crippen molar-refractivity contribution in [3.63, 3.8) is 0 Å². The molecule has 0 saturated heterocycles. The van der Waals surface area contributed by atoms with E-state index in [2.05, 4.69) is 10.3 Å². The predicted molar refractivity (Wildman–Crippen MR) is 91.8 cm³/mol. The number of hydrogen-bond acceptors (Lipinski definition) is 9. The van der Waals surface area contributed by atoms with E-state index in [1.165, 1.54) is 31.4 Å². The number of ether oxygens (including phenoxy) is 1. The molecule has 3 aromatic rings. The maximum absolute atomic E-state index is 12.2. The third-order valence-electron chi connectivity index (χ3n) is 3.09. The Bertz CT molecular complexity index is 1010. The summed E-state index contributed by atoms with van der Waals surface area (Å²) in [6.07, 6.45) is 0. The molecule has 12 heteroatoms. The number of hydrogen-bond donors (Lipinski definition) is 1. The topological polar surface area (TPSA) is 138 Å². The van der Waals surface area contributed by atoms with Crippen LogP contribution in [0.15, 0.2) is 24.3 Å². The van der Waals surface area contributed by atoms with Crippen molar-refractivity contribution in [2.24, 2.45) is 0 Å². The summed E-state index contributed by atoms with van der Waals surface area (Å²) in [5.41, 5.74) is 0.227. The van der Waals surface area contributed by atoms with Gasteiger partial charge in [-0.05, 0) is 6.07 Å². The molecule has 25 heavy (non-hydrogen) atoms. The SMILES string of the molecule is COc1cc([N+](=O)[O-])cc2sc(NC(=O)c3ccc([N+](=O)[O-])s3)nc12. The fourth-order valence-electron chi connectivity index (χ4n) is 2.01. The van der Waals surface area contributed by atoms with Gasteiger partial charge in [0.1, 0.15) is 5.52 Å². The summed E-state index contributed by atoms with van der Waals surface area (Å²) < 4.78 is 5.58. The van der Waals surface area contributed by atoms with Gasteiger partial charge in [-0.2, -0.15) is 0 Å². The summed E-state index contributed by atoms with van der Waals surface area (Å²) in [6.45, 7) is 0. The normalized spacial score (nSPS) is 10.6. The molecule has 10 nitrogen and oxygen atoms in total. The van der Waals surface area contributed by atoms with Crippen LogP contribution >= 0.6 is 22.7 Å². The van der Waals surface area contributed by atoms with Crippen LogP contribution in [-0.4, -0.2) is 27.8 Å². The number of nitrogens with zero attached hydrogens (tertiary/aromatic N) is 3. The number of thiophene rings is 1. The Balaban J connectivity index is 1.92. The highest BCUT2D eigenvalue weighted by molar-refractivity contribution is 7.22. The minimum Gasteiger partial charge on any atom is -0.494 e. The van der Waals surface area contributed by atoms with Gasteiger partial charge in [-0.1, -0.05) is 22.7 Å². The van der Waals surface area contributed by atoms with Crippen LogP contribution in [0.2, 0.25) is 0 Å². The number of thiazole rings is 1. The van der Waals surface area contributed by atoms with Gasteiger partial charge in [0, 0.05) is 12.1 Å². The number of anilines is 1. The number of rotatable bonds is 5. The van der Waals surface area contributed by atoms with Crippen molar-refractivity contribution in [1.82, 2.24) is 4.98 Å². The molecule has 1 N–H and O–H groups in total. The van der Waals surface area contributed by atoms with Gasteiger partial charge in [0.2, 0.25) is 0 Å². The molecule has 0 unspecified atom stereocenters. The van der Waals surface area contributed by atoms with Crippen LogP contribution < -0.4 is 10.1 Å². The fourth-order valence-corrected chi connectivity index (χ4v) is 3.63. The summed E-state index contributed by atoms with van der Waals surface area (Å²) in [5.74, 6) is -0.335. The van der Waals surface area contributed by atoms with E-state index < -0.39 is 15.8 Å². The predicted octanol–water partition coefficient (Wildman–Crippen LogP) is 3.44. The smallest absolute Gasteiger partial charge is 0.324 e. The van der Waals surface area contributed by atoms with E-state index in [9.17, 15) is 25.0 Å². The molecule has 128 valence electrons. The van der Waals surface area contributed by atoms with Crippen LogP contribution in [-0.2, 0) is 0 Å². The Morgan fingerprint density at radius 1 is 1.20 bits per heavy atom. The lowest BCUT2D eigenvalue weighted by atomic mass is 10.3. The zero-order valence-corrected chi connectivity index (χ0v) is 14.1. The maximum atomic E-state index is 12.2. The number of aromatic nitrogens is 1. The van der Waals surface area contributed by atoms with Crippen molar-refractivity contribution in [2.45, 2.75) is 0 Å². The minimum absolute atomic E-state index is 0.147. The van der Waals surface area contributed by atoms with Crippen LogP contribution in [0.4, 0.5) is 15.8 Å². The lowest BCUT2D eigenvalue weighted by molar-refractivity contribution is -0.384. The lowest BCUT2D eigenvalue weighted by Crippen LogP contribution is -2.09. The number of nitrogens with one attached hydrogen (secondary N) is 1. The van der Waals surface area contributed by atoms with Gasteiger partial charge in [-0.15, -0.1) is 0 Å². The molecular formula is C13H8N4O6S2. The highest BCUT2D eigenvalue weighted by Gasteiger charge is 2.19. The molecule has 0 spiro atoms. The molecule has 0 atom stereocenters. The third-order valence-corrected chi connectivity index (χ3v) is 5.04. The number of benzene rings is 1. The van der Waals surface area contributed by atoms with Crippen LogP contribution in [0.5, 0.6) is 5.75 Å². The number of amides is 1. The number of carbonyl (C=O) groups is 1. The lowest BCUT2D eigenvalue weighted by Gasteiger charge is -2.00.